The molecule has 0 spiro atoms. The van der Waals surface area contributed by atoms with Crippen LogP contribution in [-0.2, 0) is 0 Å². The number of hydrogen-bond donors (Lipinski definition) is 0. The Hall–Kier alpha value is 0.634. The molecule has 24 heavy (non-hydrogen) atoms. The van der Waals surface area contributed by atoms with E-state index in [1.54, 1.807) is 0 Å². The summed E-state index contributed by atoms with van der Waals surface area (Å²) in [5.74, 6) is 0. The van der Waals surface area contributed by atoms with Gasteiger partial charge in [-0.2, -0.15) is 0 Å². The van der Waals surface area contributed by atoms with E-state index in [0.717, 1.165) is 33.6 Å². The summed E-state index contributed by atoms with van der Waals surface area (Å²) in [6.45, 7) is 11.6. The number of allylic oxidation sites excluding steroid dienone is 2. The molecule has 0 bridgehead atoms. The molecule has 136 valence electrons. The van der Waals surface area contributed by atoms with E-state index in [0.29, 0.717) is 0 Å². The quantitative estimate of drug-likeness (QED) is 0.232. The molecule has 0 amide bonds. The van der Waals surface area contributed by atoms with Crippen LogP contribution in [0.1, 0.15) is 68.2 Å². The van der Waals surface area contributed by atoms with Crippen LogP contribution in [0.2, 0.25) is 0 Å². The maximum Gasteiger partial charge on any atom is 0.315 e. The highest BCUT2D eigenvalue weighted by atomic mass is 35.7. The minimum Gasteiger partial charge on any atom is -0.134 e. The van der Waals surface area contributed by atoms with Gasteiger partial charge in [-0.25, -0.2) is 0 Å². The highest BCUT2D eigenvalue weighted by Crippen LogP contribution is 2.56. The van der Waals surface area contributed by atoms with Gasteiger partial charge in [-0.1, -0.05) is 41.5 Å². The van der Waals surface area contributed by atoms with Crippen LogP contribution in [0.5, 0.6) is 0 Å². The lowest BCUT2D eigenvalue weighted by Gasteiger charge is -2.41. The molecule has 0 N–H and O–H groups in total. The average Bonchev–Trinajstić information content (AvgIpc) is 2.28. The first kappa shape index (κ1) is 22.7. The van der Waals surface area contributed by atoms with E-state index in [4.69, 9.17) is 44.3 Å². The largest absolute Gasteiger partial charge is 0.315 e. The van der Waals surface area contributed by atoms with E-state index in [1.807, 2.05) is 13.8 Å². The normalized spacial score (nSPS) is 19.3. The maximum atomic E-state index is 6.70. The van der Waals surface area contributed by atoms with Crippen LogP contribution in [0.4, 0.5) is 0 Å². The van der Waals surface area contributed by atoms with Gasteiger partial charge in [0.1, 0.15) is 0 Å². The molecule has 0 aliphatic carbocycles. The molecular weight excluding hydrogens is 414 g/mol. The van der Waals surface area contributed by atoms with Crippen LogP contribution in [-0.4, -0.2) is 13.4 Å². The first-order valence-electron chi connectivity index (χ1n) is 8.17. The fourth-order valence-electron chi connectivity index (χ4n) is 3.00. The second-order valence-electron chi connectivity index (χ2n) is 9.18. The highest BCUT2D eigenvalue weighted by Gasteiger charge is 2.67. The third-order valence-electron chi connectivity index (χ3n) is 3.52. The number of hydrogen-bond acceptors (Lipinski definition) is 0. The van der Waals surface area contributed by atoms with Gasteiger partial charge in [-0.3, -0.25) is 0 Å². The van der Waals surface area contributed by atoms with Crippen molar-refractivity contribution in [2.45, 2.75) is 68.2 Å². The van der Waals surface area contributed by atoms with Crippen molar-refractivity contribution in [3.63, 3.8) is 0 Å². The van der Waals surface area contributed by atoms with Gasteiger partial charge in [0.05, 0.1) is 0 Å². The Labute approximate surface area is 168 Å². The molecule has 0 saturated carbocycles. The molecule has 0 aromatic carbocycles. The Morgan fingerprint density at radius 1 is 0.708 bits per heavy atom. The average molecular weight is 442 g/mol. The lowest BCUT2D eigenvalue weighted by molar-refractivity contribution is 0.409. The summed E-state index contributed by atoms with van der Waals surface area (Å²) in [6, 6.07) is 0. The van der Waals surface area contributed by atoms with Crippen molar-refractivity contribution in [2.75, 3.05) is 0 Å². The van der Waals surface area contributed by atoms with E-state index < -0.39 is 13.4 Å². The zero-order chi connectivity index (χ0) is 19.1. The van der Waals surface area contributed by atoms with Crippen molar-refractivity contribution in [3.05, 3.63) is 32.2 Å². The van der Waals surface area contributed by atoms with Gasteiger partial charge in [0, 0.05) is 9.64 Å². The molecule has 0 radical (unpaired) electrons. The van der Waals surface area contributed by atoms with Gasteiger partial charge in [0.15, 0.2) is 0 Å². The standard InChI is InChI=1S/C18H28Cl4Si2/c1-13(11-17(3,4)5)9-15-23(19,20)16(24(15,21)22)10-14(2)12-18(6,7)8/h11-12H2,1-8H3. The molecule has 1 aliphatic rings. The fraction of sp³-hybridized carbons (Fsp3) is 0.667. The van der Waals surface area contributed by atoms with Crippen molar-refractivity contribution < 1.29 is 0 Å². The molecule has 1 aliphatic heterocycles. The predicted molar refractivity (Wildman–Crippen MR) is 115 cm³/mol. The molecule has 6 heteroatoms. The lowest BCUT2D eigenvalue weighted by Crippen LogP contribution is -2.57. The Balaban J connectivity index is 3.36. The lowest BCUT2D eigenvalue weighted by atomic mass is 9.89. The van der Waals surface area contributed by atoms with E-state index >= 15 is 0 Å². The van der Waals surface area contributed by atoms with Gasteiger partial charge in [-0.05, 0) is 48.7 Å². The summed E-state index contributed by atoms with van der Waals surface area (Å²) in [5, 5.41) is 0. The zero-order valence-corrected chi connectivity index (χ0v) is 20.9. The maximum absolute atomic E-state index is 6.70. The summed E-state index contributed by atoms with van der Waals surface area (Å²) < 4.78 is 0. The molecule has 0 aromatic heterocycles. The topological polar surface area (TPSA) is 0 Å². The summed E-state index contributed by atoms with van der Waals surface area (Å²) in [6.07, 6.45) is 1.82. The van der Waals surface area contributed by atoms with Gasteiger partial charge in [0.25, 0.3) is 0 Å². The molecular formula is C18H28Cl4Si2. The summed E-state index contributed by atoms with van der Waals surface area (Å²) in [4.78, 5) is 1.55. The highest BCUT2D eigenvalue weighted by molar-refractivity contribution is 7.77. The van der Waals surface area contributed by atoms with Crippen LogP contribution in [0, 0.1) is 10.8 Å². The molecule has 1 rings (SSSR count). The zero-order valence-electron chi connectivity index (χ0n) is 15.9. The summed E-state index contributed by atoms with van der Waals surface area (Å²) in [7, 11) is 0. The van der Waals surface area contributed by atoms with Crippen LogP contribution < -0.4 is 0 Å². The predicted octanol–water partition coefficient (Wildman–Crippen LogP) is 7.81. The minimum absolute atomic E-state index is 0.176. The summed E-state index contributed by atoms with van der Waals surface area (Å²) in [5.41, 5.74) is 9.28. The Morgan fingerprint density at radius 3 is 1.17 bits per heavy atom. The van der Waals surface area contributed by atoms with Crippen molar-refractivity contribution in [2.24, 2.45) is 10.8 Å². The van der Waals surface area contributed by atoms with E-state index in [2.05, 4.69) is 53.0 Å². The number of rotatable bonds is 2. The molecule has 1 fully saturated rings. The first-order valence-corrected chi connectivity index (χ1v) is 16.2. The van der Waals surface area contributed by atoms with Gasteiger partial charge < -0.3 is 0 Å². The Morgan fingerprint density at radius 2 is 0.958 bits per heavy atom. The molecule has 1 heterocycles. The Bertz CT molecular complexity index is 571. The van der Waals surface area contributed by atoms with Crippen LogP contribution in [0.15, 0.2) is 32.2 Å². The number of halogens is 4. The smallest absolute Gasteiger partial charge is 0.134 e. The second-order valence-corrected chi connectivity index (χ2v) is 22.4. The van der Waals surface area contributed by atoms with E-state index in [9.17, 15) is 0 Å². The van der Waals surface area contributed by atoms with Crippen LogP contribution >= 0.6 is 44.3 Å². The Kier molecular flexibility index (Phi) is 6.93. The minimum atomic E-state index is -2.81. The van der Waals surface area contributed by atoms with Gasteiger partial charge in [-0.15, -0.1) is 55.8 Å². The second kappa shape index (κ2) is 7.33. The molecule has 0 aromatic rings. The SMILES string of the molecule is CC(=C=C1[Si](Cl)(Cl)C(=C=C(C)CC(C)(C)C)[Si]1(Cl)Cl)CC(C)(C)C. The first-order chi connectivity index (χ1) is 10.5. The fourth-order valence-corrected chi connectivity index (χ4v) is 23.6. The van der Waals surface area contributed by atoms with Gasteiger partial charge in [0.2, 0.25) is 0 Å². The molecule has 0 unspecified atom stereocenters. The van der Waals surface area contributed by atoms with Crippen LogP contribution in [0.25, 0.3) is 0 Å². The third kappa shape index (κ3) is 5.83. The molecule has 0 atom stereocenters. The third-order valence-corrected chi connectivity index (χ3v) is 19.4. The van der Waals surface area contributed by atoms with E-state index in [-0.39, 0.29) is 10.8 Å². The van der Waals surface area contributed by atoms with Crippen molar-refractivity contribution in [3.8, 4) is 0 Å². The molecule has 0 nitrogen and oxygen atoms in total. The van der Waals surface area contributed by atoms with Crippen molar-refractivity contribution in [1.29, 1.82) is 0 Å². The van der Waals surface area contributed by atoms with E-state index in [1.165, 1.54) is 0 Å². The molecule has 1 saturated heterocycles. The summed E-state index contributed by atoms with van der Waals surface area (Å²) >= 11 is 26.8. The van der Waals surface area contributed by atoms with Crippen molar-refractivity contribution >= 4 is 57.7 Å². The monoisotopic (exact) mass is 440 g/mol. The van der Waals surface area contributed by atoms with Gasteiger partial charge >= 0.3 is 13.4 Å². The van der Waals surface area contributed by atoms with Crippen molar-refractivity contribution in [1.82, 2.24) is 0 Å². The van der Waals surface area contributed by atoms with Crippen LogP contribution in [0.3, 0.4) is 0 Å².